The van der Waals surface area contributed by atoms with E-state index in [0.717, 1.165) is 72.1 Å². The summed E-state index contributed by atoms with van der Waals surface area (Å²) in [4.78, 5) is 24.1. The molecule has 5 rings (SSSR count). The number of imidazole rings is 1. The Morgan fingerprint density at radius 3 is 2.81 bits per heavy atom. The first-order chi connectivity index (χ1) is 17.5. The van der Waals surface area contributed by atoms with E-state index in [4.69, 9.17) is 11.6 Å². The fourth-order valence-corrected chi connectivity index (χ4v) is 5.20. The first-order valence-electron chi connectivity index (χ1n) is 12.7. The van der Waals surface area contributed by atoms with Crippen molar-refractivity contribution in [2.75, 3.05) is 32.0 Å². The van der Waals surface area contributed by atoms with Crippen molar-refractivity contribution in [2.24, 2.45) is 5.92 Å². The minimum atomic E-state index is 0.0704. The third kappa shape index (κ3) is 5.32. The molecule has 188 valence electrons. The largest absolute Gasteiger partial charge is 0.342 e. The minimum absolute atomic E-state index is 0.0704. The Labute approximate surface area is 217 Å². The summed E-state index contributed by atoms with van der Waals surface area (Å²) in [7, 11) is 1.90. The second kappa shape index (κ2) is 10.8. The number of halogens is 1. The molecule has 1 amide bonds. The maximum absolute atomic E-state index is 13.1. The number of benzene rings is 1. The van der Waals surface area contributed by atoms with E-state index in [1.165, 1.54) is 18.4 Å². The maximum atomic E-state index is 13.1. The van der Waals surface area contributed by atoms with Gasteiger partial charge in [0.2, 0.25) is 0 Å². The van der Waals surface area contributed by atoms with Crippen LogP contribution < -0.4 is 10.6 Å². The molecule has 0 saturated carbocycles. The number of carbonyl (C=O) groups is 1. The lowest BCUT2D eigenvalue weighted by Gasteiger charge is -2.25. The molecule has 7 nitrogen and oxygen atoms in total. The Hall–Kier alpha value is -3.16. The molecule has 8 heteroatoms. The Morgan fingerprint density at radius 1 is 1.22 bits per heavy atom. The monoisotopic (exact) mass is 504 g/mol. The van der Waals surface area contributed by atoms with E-state index in [0.29, 0.717) is 11.7 Å². The molecular formula is C28H33ClN6O. The highest BCUT2D eigenvalue weighted by Gasteiger charge is 2.19. The molecule has 1 aliphatic heterocycles. The Kier molecular flexibility index (Phi) is 7.39. The van der Waals surface area contributed by atoms with E-state index in [-0.39, 0.29) is 5.91 Å². The van der Waals surface area contributed by atoms with Gasteiger partial charge in [-0.3, -0.25) is 9.20 Å². The second-order valence-electron chi connectivity index (χ2n) is 9.78. The Balaban J connectivity index is 1.29. The van der Waals surface area contributed by atoms with Crippen molar-refractivity contribution in [3.05, 3.63) is 70.8 Å². The number of allylic oxidation sites excluding steroid dienone is 4. The molecule has 3 aromatic rings. The molecule has 2 aromatic heterocycles. The van der Waals surface area contributed by atoms with Crippen molar-refractivity contribution in [3.63, 3.8) is 0 Å². The number of carbonyl (C=O) groups excluding carboxylic acids is 1. The number of rotatable bonds is 7. The van der Waals surface area contributed by atoms with Gasteiger partial charge in [0.1, 0.15) is 0 Å². The Morgan fingerprint density at radius 2 is 2.06 bits per heavy atom. The number of aromatic nitrogens is 3. The highest BCUT2D eigenvalue weighted by Crippen LogP contribution is 2.30. The molecule has 0 spiro atoms. The number of amides is 1. The molecule has 0 bridgehead atoms. The van der Waals surface area contributed by atoms with Crippen LogP contribution in [-0.2, 0) is 0 Å². The summed E-state index contributed by atoms with van der Waals surface area (Å²) in [5.41, 5.74) is 5.54. The Bertz CT molecular complexity index is 1320. The smallest absolute Gasteiger partial charge is 0.253 e. The van der Waals surface area contributed by atoms with E-state index in [1.54, 1.807) is 6.20 Å². The molecule has 1 aromatic carbocycles. The molecule has 0 unspecified atom stereocenters. The second-order valence-corrected chi connectivity index (χ2v) is 10.3. The predicted molar refractivity (Wildman–Crippen MR) is 146 cm³/mol. The van der Waals surface area contributed by atoms with Gasteiger partial charge in [-0.2, -0.15) is 0 Å². The molecule has 1 fully saturated rings. The molecule has 36 heavy (non-hydrogen) atoms. The van der Waals surface area contributed by atoms with Gasteiger partial charge in [-0.15, -0.1) is 0 Å². The van der Waals surface area contributed by atoms with Gasteiger partial charge < -0.3 is 15.5 Å². The number of aryl methyl sites for hydroxylation is 1. The molecule has 1 aliphatic carbocycles. The van der Waals surface area contributed by atoms with Gasteiger partial charge >= 0.3 is 0 Å². The number of nitrogens with one attached hydrogen (secondary N) is 2. The first kappa shape index (κ1) is 24.5. The van der Waals surface area contributed by atoms with Crippen LogP contribution in [0.4, 0.5) is 11.5 Å². The topological polar surface area (TPSA) is 74.6 Å². The standard InChI is InChI=1S/C28H33ClN6O/c1-19-17-23(7-8-24(19)28(36)34(2)15-11-20-9-12-30-13-10-20)33-26-27-32-18-25(35(27)16-14-31-26)21-3-5-22(29)6-4-21/h3,5,7-8,14,16-18,20,30H,4,6,9-13,15H2,1-2H3,(H,31,33). The average Bonchev–Trinajstić information content (AvgIpc) is 3.33. The van der Waals surface area contributed by atoms with Gasteiger partial charge in [-0.05, 0) is 93.4 Å². The van der Waals surface area contributed by atoms with Crippen molar-refractivity contribution in [3.8, 4) is 0 Å². The highest BCUT2D eigenvalue weighted by atomic mass is 35.5. The van der Waals surface area contributed by atoms with Crippen molar-refractivity contribution in [1.29, 1.82) is 0 Å². The van der Waals surface area contributed by atoms with E-state index in [2.05, 4.69) is 31.1 Å². The quantitative estimate of drug-likeness (QED) is 0.441. The van der Waals surface area contributed by atoms with Crippen LogP contribution in [0.25, 0.3) is 11.2 Å². The number of anilines is 2. The van der Waals surface area contributed by atoms with E-state index in [9.17, 15) is 4.79 Å². The lowest BCUT2D eigenvalue weighted by Crippen LogP contribution is -2.32. The van der Waals surface area contributed by atoms with Gasteiger partial charge in [0, 0.05) is 42.3 Å². The zero-order valence-electron chi connectivity index (χ0n) is 20.9. The number of fused-ring (bicyclic) bond motifs is 1. The lowest BCUT2D eigenvalue weighted by atomic mass is 9.94. The van der Waals surface area contributed by atoms with Gasteiger partial charge in [-0.25, -0.2) is 9.97 Å². The van der Waals surface area contributed by atoms with E-state index in [1.807, 2.05) is 55.5 Å². The van der Waals surface area contributed by atoms with Crippen LogP contribution in [0.5, 0.6) is 0 Å². The van der Waals surface area contributed by atoms with E-state index < -0.39 is 0 Å². The summed E-state index contributed by atoms with van der Waals surface area (Å²) < 4.78 is 2.05. The number of hydrogen-bond acceptors (Lipinski definition) is 5. The predicted octanol–water partition coefficient (Wildman–Crippen LogP) is 5.54. The van der Waals surface area contributed by atoms with E-state index >= 15 is 0 Å². The van der Waals surface area contributed by atoms with Crippen LogP contribution in [0, 0.1) is 12.8 Å². The number of hydrogen-bond donors (Lipinski definition) is 2. The third-order valence-corrected chi connectivity index (χ3v) is 7.57. The third-order valence-electron chi connectivity index (χ3n) is 7.25. The molecule has 2 aliphatic rings. The van der Waals surface area contributed by atoms with Crippen molar-refractivity contribution < 1.29 is 4.79 Å². The molecule has 1 saturated heterocycles. The van der Waals surface area contributed by atoms with Gasteiger partial charge in [0.25, 0.3) is 5.91 Å². The van der Waals surface area contributed by atoms with Crippen molar-refractivity contribution in [1.82, 2.24) is 24.6 Å². The maximum Gasteiger partial charge on any atom is 0.253 e. The van der Waals surface area contributed by atoms with Crippen LogP contribution in [0.15, 0.2) is 54.0 Å². The van der Waals surface area contributed by atoms with Crippen LogP contribution in [0.2, 0.25) is 0 Å². The van der Waals surface area contributed by atoms with Crippen LogP contribution in [-0.4, -0.2) is 51.9 Å². The molecule has 0 radical (unpaired) electrons. The lowest BCUT2D eigenvalue weighted by molar-refractivity contribution is 0.0784. The summed E-state index contributed by atoms with van der Waals surface area (Å²) in [6, 6.07) is 5.84. The highest BCUT2D eigenvalue weighted by molar-refractivity contribution is 6.29. The molecule has 0 atom stereocenters. The van der Waals surface area contributed by atoms with Crippen molar-refractivity contribution in [2.45, 2.75) is 39.0 Å². The SMILES string of the molecule is Cc1cc(Nc2nccn3c(C4=CC=C(Cl)CC4)cnc23)ccc1C(=O)N(C)CCC1CCNCC1. The van der Waals surface area contributed by atoms with Gasteiger partial charge in [-0.1, -0.05) is 17.7 Å². The summed E-state index contributed by atoms with van der Waals surface area (Å²) in [6.45, 7) is 4.94. The van der Waals surface area contributed by atoms with Crippen LogP contribution in [0.3, 0.4) is 0 Å². The van der Waals surface area contributed by atoms with Crippen LogP contribution in [0.1, 0.15) is 53.7 Å². The zero-order chi connectivity index (χ0) is 25.1. The summed E-state index contributed by atoms with van der Waals surface area (Å²) in [5, 5.41) is 7.68. The number of piperidine rings is 1. The van der Waals surface area contributed by atoms with Crippen LogP contribution >= 0.6 is 11.6 Å². The summed E-state index contributed by atoms with van der Waals surface area (Å²) in [5.74, 6) is 1.45. The van der Waals surface area contributed by atoms with Gasteiger partial charge in [0.05, 0.1) is 11.9 Å². The normalized spacial score (nSPS) is 16.5. The summed E-state index contributed by atoms with van der Waals surface area (Å²) in [6.07, 6.45) is 14.8. The summed E-state index contributed by atoms with van der Waals surface area (Å²) >= 11 is 6.13. The fourth-order valence-electron chi connectivity index (χ4n) is 5.04. The zero-order valence-corrected chi connectivity index (χ0v) is 21.7. The van der Waals surface area contributed by atoms with Crippen molar-refractivity contribution >= 4 is 40.2 Å². The molecular weight excluding hydrogens is 472 g/mol. The average molecular weight is 505 g/mol. The number of nitrogens with zero attached hydrogens (tertiary/aromatic N) is 4. The molecule has 2 N–H and O–H groups in total. The van der Waals surface area contributed by atoms with Gasteiger partial charge in [0.15, 0.2) is 11.5 Å². The first-order valence-corrected chi connectivity index (χ1v) is 13.1. The fraction of sp³-hybridized carbons (Fsp3) is 0.393. The molecule has 3 heterocycles. The minimum Gasteiger partial charge on any atom is -0.342 e.